The second-order valence-corrected chi connectivity index (χ2v) is 8.41. The molecule has 0 bridgehead atoms. The first-order valence-electron chi connectivity index (χ1n) is 8.84. The third-order valence-electron chi connectivity index (χ3n) is 4.99. The summed E-state index contributed by atoms with van der Waals surface area (Å²) < 4.78 is 13.8. The zero-order valence-corrected chi connectivity index (χ0v) is 16.4. The molecular formula is C21H21N3O2S. The van der Waals surface area contributed by atoms with Crippen LogP contribution in [0.2, 0.25) is 0 Å². The van der Waals surface area contributed by atoms with Crippen molar-refractivity contribution in [2.24, 2.45) is 0 Å². The predicted molar refractivity (Wildman–Crippen MR) is 108 cm³/mol. The number of aromatic nitrogens is 2. The molecule has 1 aliphatic heterocycles. The molecular weight excluding hydrogens is 358 g/mol. The molecule has 0 saturated heterocycles. The third kappa shape index (κ3) is 3.21. The van der Waals surface area contributed by atoms with E-state index >= 15 is 0 Å². The second-order valence-electron chi connectivity index (χ2n) is 6.96. The molecule has 0 radical (unpaired) electrons. The minimum Gasteiger partial charge on any atom is -0.306 e. The number of rotatable bonds is 3. The average Bonchev–Trinajstić information content (AvgIpc) is 3.14. The molecule has 4 rings (SSSR count). The molecule has 2 heterocycles. The van der Waals surface area contributed by atoms with Crippen molar-refractivity contribution in [3.8, 4) is 5.69 Å². The summed E-state index contributed by atoms with van der Waals surface area (Å²) in [6.45, 7) is 6.05. The number of hydrogen-bond donors (Lipinski definition) is 1. The Bertz CT molecular complexity index is 1090. The van der Waals surface area contributed by atoms with Crippen molar-refractivity contribution in [2.75, 3.05) is 5.32 Å². The van der Waals surface area contributed by atoms with Crippen LogP contribution in [0.15, 0.2) is 42.5 Å². The summed E-state index contributed by atoms with van der Waals surface area (Å²) in [5.74, 6) is 1.28. The minimum atomic E-state index is -0.963. The van der Waals surface area contributed by atoms with Crippen LogP contribution < -0.4 is 5.32 Å². The van der Waals surface area contributed by atoms with Crippen molar-refractivity contribution in [1.29, 1.82) is 0 Å². The molecule has 1 amide bonds. The fourth-order valence-corrected chi connectivity index (χ4v) is 4.63. The van der Waals surface area contributed by atoms with Crippen LogP contribution in [0.3, 0.4) is 0 Å². The highest BCUT2D eigenvalue weighted by molar-refractivity contribution is 7.83. The van der Waals surface area contributed by atoms with Gasteiger partial charge in [0.25, 0.3) is 5.91 Å². The summed E-state index contributed by atoms with van der Waals surface area (Å²) in [7, 11) is -0.963. The second kappa shape index (κ2) is 6.78. The summed E-state index contributed by atoms with van der Waals surface area (Å²) in [5.41, 5.74) is 6.47. The minimum absolute atomic E-state index is 0.189. The van der Waals surface area contributed by atoms with Gasteiger partial charge in [0.15, 0.2) is 0 Å². The normalized spacial score (nSPS) is 15.6. The Morgan fingerprint density at radius 3 is 2.67 bits per heavy atom. The SMILES string of the molecule is Cc1cccc(C(=O)Nc2c3c(nn2-c2cccc(C)c2C)C[S@](=O)C3)c1. The number of amides is 1. The lowest BCUT2D eigenvalue weighted by Crippen LogP contribution is -2.17. The van der Waals surface area contributed by atoms with Gasteiger partial charge in [0, 0.05) is 21.9 Å². The van der Waals surface area contributed by atoms with E-state index in [1.54, 1.807) is 10.7 Å². The molecule has 0 fully saturated rings. The molecule has 1 aliphatic rings. The van der Waals surface area contributed by atoms with Crippen molar-refractivity contribution < 1.29 is 9.00 Å². The van der Waals surface area contributed by atoms with Gasteiger partial charge in [0.05, 0.1) is 22.9 Å². The molecule has 3 aromatic rings. The first-order chi connectivity index (χ1) is 12.9. The molecule has 1 N–H and O–H groups in total. The smallest absolute Gasteiger partial charge is 0.256 e. The van der Waals surface area contributed by atoms with E-state index < -0.39 is 10.8 Å². The van der Waals surface area contributed by atoms with Crippen LogP contribution in [0.5, 0.6) is 0 Å². The fourth-order valence-electron chi connectivity index (χ4n) is 3.36. The lowest BCUT2D eigenvalue weighted by molar-refractivity contribution is 0.102. The number of carbonyl (C=O) groups is 1. The number of anilines is 1. The Morgan fingerprint density at radius 1 is 1.11 bits per heavy atom. The van der Waals surface area contributed by atoms with E-state index in [1.807, 2.05) is 44.2 Å². The highest BCUT2D eigenvalue weighted by atomic mass is 32.2. The number of carbonyl (C=O) groups excluding carboxylic acids is 1. The van der Waals surface area contributed by atoms with Crippen LogP contribution in [0.4, 0.5) is 5.82 Å². The number of hydrogen-bond acceptors (Lipinski definition) is 3. The molecule has 2 aromatic carbocycles. The topological polar surface area (TPSA) is 64.0 Å². The Morgan fingerprint density at radius 2 is 1.89 bits per heavy atom. The van der Waals surface area contributed by atoms with E-state index in [9.17, 15) is 9.00 Å². The number of benzene rings is 2. The monoisotopic (exact) mass is 379 g/mol. The predicted octanol–water partition coefficient (Wildman–Crippen LogP) is 3.81. The molecule has 1 aromatic heterocycles. The van der Waals surface area contributed by atoms with Crippen LogP contribution in [-0.2, 0) is 22.3 Å². The first kappa shape index (κ1) is 17.7. The van der Waals surface area contributed by atoms with E-state index in [0.29, 0.717) is 22.9 Å². The largest absolute Gasteiger partial charge is 0.306 e. The van der Waals surface area contributed by atoms with Gasteiger partial charge in [-0.1, -0.05) is 29.8 Å². The van der Waals surface area contributed by atoms with Crippen molar-refractivity contribution in [3.05, 3.63) is 76.0 Å². The molecule has 6 heteroatoms. The lowest BCUT2D eigenvalue weighted by atomic mass is 10.1. The summed E-state index contributed by atoms with van der Waals surface area (Å²) in [6, 6.07) is 13.5. The van der Waals surface area contributed by atoms with Gasteiger partial charge >= 0.3 is 0 Å². The lowest BCUT2D eigenvalue weighted by Gasteiger charge is -2.14. The van der Waals surface area contributed by atoms with E-state index in [-0.39, 0.29) is 5.91 Å². The van der Waals surface area contributed by atoms with Crippen LogP contribution in [0.25, 0.3) is 5.69 Å². The molecule has 0 saturated carbocycles. The van der Waals surface area contributed by atoms with Crippen LogP contribution in [0.1, 0.15) is 38.3 Å². The van der Waals surface area contributed by atoms with Gasteiger partial charge in [-0.25, -0.2) is 4.68 Å². The van der Waals surface area contributed by atoms with E-state index in [0.717, 1.165) is 33.6 Å². The molecule has 0 spiro atoms. The molecule has 27 heavy (non-hydrogen) atoms. The Balaban J connectivity index is 1.80. The van der Waals surface area contributed by atoms with Crippen LogP contribution in [-0.4, -0.2) is 19.9 Å². The Kier molecular flexibility index (Phi) is 4.44. The van der Waals surface area contributed by atoms with Gasteiger partial charge in [-0.3, -0.25) is 9.00 Å². The van der Waals surface area contributed by atoms with Gasteiger partial charge in [-0.05, 0) is 50.1 Å². The third-order valence-corrected chi connectivity index (χ3v) is 6.19. The van der Waals surface area contributed by atoms with Gasteiger partial charge in [-0.15, -0.1) is 0 Å². The van der Waals surface area contributed by atoms with Gasteiger partial charge in [0.1, 0.15) is 5.82 Å². The zero-order valence-electron chi connectivity index (χ0n) is 15.6. The molecule has 0 unspecified atom stereocenters. The zero-order chi connectivity index (χ0) is 19.1. The summed E-state index contributed by atoms with van der Waals surface area (Å²) in [5, 5.41) is 7.71. The Labute approximate surface area is 160 Å². The van der Waals surface area contributed by atoms with Crippen molar-refractivity contribution in [2.45, 2.75) is 32.3 Å². The van der Waals surface area contributed by atoms with Crippen LogP contribution in [0, 0.1) is 20.8 Å². The number of nitrogens with zero attached hydrogens (tertiary/aromatic N) is 2. The summed E-state index contributed by atoms with van der Waals surface area (Å²) in [6.07, 6.45) is 0. The molecule has 1 atom stereocenters. The summed E-state index contributed by atoms with van der Waals surface area (Å²) in [4.78, 5) is 12.9. The van der Waals surface area contributed by atoms with Gasteiger partial charge in [-0.2, -0.15) is 5.10 Å². The standard InChI is InChI=1S/C21H21N3O2S/c1-13-6-4-8-16(10-13)21(25)22-20-17-11-27(26)12-18(17)23-24(20)19-9-5-7-14(2)15(19)3/h4-10H,11-12H2,1-3H3,(H,22,25)/t27-/m1/s1. The molecule has 0 aliphatic carbocycles. The Hall–Kier alpha value is -2.73. The van der Waals surface area contributed by atoms with E-state index in [4.69, 9.17) is 0 Å². The first-order valence-corrected chi connectivity index (χ1v) is 10.3. The highest BCUT2D eigenvalue weighted by Gasteiger charge is 2.29. The van der Waals surface area contributed by atoms with E-state index in [2.05, 4.69) is 23.4 Å². The van der Waals surface area contributed by atoms with Gasteiger partial charge in [0.2, 0.25) is 0 Å². The maximum atomic E-state index is 12.9. The number of nitrogens with one attached hydrogen (secondary N) is 1. The maximum Gasteiger partial charge on any atom is 0.256 e. The number of aryl methyl sites for hydroxylation is 2. The van der Waals surface area contributed by atoms with E-state index in [1.165, 1.54) is 0 Å². The van der Waals surface area contributed by atoms with Crippen molar-refractivity contribution >= 4 is 22.5 Å². The average molecular weight is 379 g/mol. The number of fused-ring (bicyclic) bond motifs is 1. The maximum absolute atomic E-state index is 12.9. The van der Waals surface area contributed by atoms with Crippen molar-refractivity contribution in [3.63, 3.8) is 0 Å². The fraction of sp³-hybridized carbons (Fsp3) is 0.238. The summed E-state index contributed by atoms with van der Waals surface area (Å²) >= 11 is 0. The molecule has 138 valence electrons. The highest BCUT2D eigenvalue weighted by Crippen LogP contribution is 2.33. The quantitative estimate of drug-likeness (QED) is 0.753. The molecule has 5 nitrogen and oxygen atoms in total. The van der Waals surface area contributed by atoms with Gasteiger partial charge < -0.3 is 5.32 Å². The van der Waals surface area contributed by atoms with Crippen molar-refractivity contribution in [1.82, 2.24) is 9.78 Å². The van der Waals surface area contributed by atoms with Crippen LogP contribution >= 0.6 is 0 Å².